The van der Waals surface area contributed by atoms with Crippen LogP contribution in [-0.2, 0) is 11.3 Å². The SMILES string of the molecule is O=C(CSc1nnc(C2CC2)n1Cc1ccccc1)Nc1cccc(Br)c1. The van der Waals surface area contributed by atoms with Crippen molar-refractivity contribution in [2.75, 3.05) is 11.1 Å². The second-order valence-corrected chi connectivity index (χ2v) is 8.39. The molecule has 0 aliphatic heterocycles. The fraction of sp³-hybridized carbons (Fsp3) is 0.250. The van der Waals surface area contributed by atoms with Crippen LogP contribution in [0, 0.1) is 0 Å². The molecular formula is C20H19BrN4OS. The molecule has 0 unspecified atom stereocenters. The molecule has 0 radical (unpaired) electrons. The Bertz CT molecular complexity index is 940. The maximum Gasteiger partial charge on any atom is 0.234 e. The number of hydrogen-bond donors (Lipinski definition) is 1. The first-order chi connectivity index (χ1) is 13.2. The summed E-state index contributed by atoms with van der Waals surface area (Å²) in [5.74, 6) is 1.78. The van der Waals surface area contributed by atoms with E-state index in [9.17, 15) is 4.79 Å². The van der Waals surface area contributed by atoms with Gasteiger partial charge in [0.15, 0.2) is 5.16 Å². The van der Waals surface area contributed by atoms with Crippen LogP contribution in [0.4, 0.5) is 5.69 Å². The van der Waals surface area contributed by atoms with Crippen LogP contribution >= 0.6 is 27.7 Å². The maximum absolute atomic E-state index is 12.3. The van der Waals surface area contributed by atoms with E-state index in [1.807, 2.05) is 42.5 Å². The molecular weight excluding hydrogens is 424 g/mol. The number of hydrogen-bond acceptors (Lipinski definition) is 4. The summed E-state index contributed by atoms with van der Waals surface area (Å²) in [7, 11) is 0. The molecule has 1 N–H and O–H groups in total. The number of nitrogens with one attached hydrogen (secondary N) is 1. The van der Waals surface area contributed by atoms with Gasteiger partial charge in [0.1, 0.15) is 5.82 Å². The van der Waals surface area contributed by atoms with E-state index in [1.54, 1.807) is 0 Å². The van der Waals surface area contributed by atoms with E-state index in [2.05, 4.69) is 48.1 Å². The molecule has 1 heterocycles. The predicted molar refractivity (Wildman–Crippen MR) is 111 cm³/mol. The van der Waals surface area contributed by atoms with Crippen molar-refractivity contribution in [1.29, 1.82) is 0 Å². The third-order valence-electron chi connectivity index (χ3n) is 4.31. The molecule has 2 aromatic carbocycles. The normalized spacial score (nSPS) is 13.5. The van der Waals surface area contributed by atoms with Crippen molar-refractivity contribution in [3.05, 3.63) is 70.5 Å². The lowest BCUT2D eigenvalue weighted by Crippen LogP contribution is -2.15. The van der Waals surface area contributed by atoms with Crippen LogP contribution in [0.15, 0.2) is 64.2 Å². The largest absolute Gasteiger partial charge is 0.325 e. The van der Waals surface area contributed by atoms with Gasteiger partial charge in [0.05, 0.1) is 12.3 Å². The molecule has 1 aromatic heterocycles. The van der Waals surface area contributed by atoms with Crippen LogP contribution in [-0.4, -0.2) is 26.4 Å². The Kier molecular flexibility index (Phi) is 5.59. The van der Waals surface area contributed by atoms with Crippen molar-refractivity contribution in [3.63, 3.8) is 0 Å². The minimum Gasteiger partial charge on any atom is -0.325 e. The van der Waals surface area contributed by atoms with Gasteiger partial charge in [-0.2, -0.15) is 0 Å². The van der Waals surface area contributed by atoms with Crippen LogP contribution in [0.5, 0.6) is 0 Å². The first-order valence-corrected chi connectivity index (χ1v) is 10.6. The van der Waals surface area contributed by atoms with Crippen LogP contribution in [0.2, 0.25) is 0 Å². The number of aromatic nitrogens is 3. The van der Waals surface area contributed by atoms with Crippen LogP contribution in [0.1, 0.15) is 30.1 Å². The van der Waals surface area contributed by atoms with Gasteiger partial charge in [0.2, 0.25) is 5.91 Å². The number of carbonyl (C=O) groups is 1. The van der Waals surface area contributed by atoms with Gasteiger partial charge in [-0.25, -0.2) is 0 Å². The number of carbonyl (C=O) groups excluding carboxylic acids is 1. The highest BCUT2D eigenvalue weighted by atomic mass is 79.9. The maximum atomic E-state index is 12.3. The summed E-state index contributed by atoms with van der Waals surface area (Å²) in [5, 5.41) is 12.5. The number of rotatable bonds is 7. The Balaban J connectivity index is 1.44. The fourth-order valence-electron chi connectivity index (χ4n) is 2.86. The number of benzene rings is 2. The molecule has 7 heteroatoms. The Labute approximate surface area is 170 Å². The van der Waals surface area contributed by atoms with Crippen molar-refractivity contribution in [2.45, 2.75) is 30.5 Å². The van der Waals surface area contributed by atoms with Gasteiger partial charge >= 0.3 is 0 Å². The fourth-order valence-corrected chi connectivity index (χ4v) is 4.00. The molecule has 1 fully saturated rings. The average molecular weight is 443 g/mol. The van der Waals surface area contributed by atoms with Crippen molar-refractivity contribution in [1.82, 2.24) is 14.8 Å². The number of amides is 1. The molecule has 0 bridgehead atoms. The standard InChI is InChI=1S/C20H19BrN4OS/c21-16-7-4-8-17(11-16)22-18(26)13-27-20-24-23-19(15-9-10-15)25(20)12-14-5-2-1-3-6-14/h1-8,11,15H,9-10,12-13H2,(H,22,26). The van der Waals surface area contributed by atoms with Crippen LogP contribution < -0.4 is 5.32 Å². The molecule has 0 atom stereocenters. The molecule has 0 spiro atoms. The molecule has 4 rings (SSSR count). The highest BCUT2D eigenvalue weighted by molar-refractivity contribution is 9.10. The van der Waals surface area contributed by atoms with Crippen molar-refractivity contribution >= 4 is 39.3 Å². The summed E-state index contributed by atoms with van der Waals surface area (Å²) in [6.45, 7) is 0.731. The minimum atomic E-state index is -0.0552. The van der Waals surface area contributed by atoms with Crippen molar-refractivity contribution in [2.24, 2.45) is 0 Å². The van der Waals surface area contributed by atoms with Gasteiger partial charge in [0, 0.05) is 16.1 Å². The van der Waals surface area contributed by atoms with Gasteiger partial charge in [-0.05, 0) is 36.6 Å². The van der Waals surface area contributed by atoms with E-state index in [4.69, 9.17) is 0 Å². The molecule has 1 aliphatic carbocycles. The van der Waals surface area contributed by atoms with Crippen molar-refractivity contribution < 1.29 is 4.79 Å². The van der Waals surface area contributed by atoms with E-state index < -0.39 is 0 Å². The lowest BCUT2D eigenvalue weighted by molar-refractivity contribution is -0.113. The zero-order valence-corrected chi connectivity index (χ0v) is 17.0. The number of anilines is 1. The zero-order valence-electron chi connectivity index (χ0n) is 14.6. The second kappa shape index (κ2) is 8.27. The molecule has 0 saturated heterocycles. The Hall–Kier alpha value is -2.12. The van der Waals surface area contributed by atoms with Gasteiger partial charge < -0.3 is 9.88 Å². The monoisotopic (exact) mass is 442 g/mol. The average Bonchev–Trinajstić information content (AvgIpc) is 3.43. The van der Waals surface area contributed by atoms with Gasteiger partial charge in [-0.1, -0.05) is 64.1 Å². The Morgan fingerprint density at radius 2 is 1.96 bits per heavy atom. The lowest BCUT2D eigenvalue weighted by Gasteiger charge is -2.10. The lowest BCUT2D eigenvalue weighted by atomic mass is 10.2. The minimum absolute atomic E-state index is 0.0552. The smallest absolute Gasteiger partial charge is 0.234 e. The van der Waals surface area contributed by atoms with Gasteiger partial charge in [-0.15, -0.1) is 10.2 Å². The molecule has 138 valence electrons. The third kappa shape index (κ3) is 4.78. The second-order valence-electron chi connectivity index (χ2n) is 6.53. The molecule has 1 saturated carbocycles. The predicted octanol–water partition coefficient (Wildman–Crippen LogP) is 4.70. The zero-order chi connectivity index (χ0) is 18.6. The first kappa shape index (κ1) is 18.3. The molecule has 5 nitrogen and oxygen atoms in total. The Morgan fingerprint density at radius 3 is 2.70 bits per heavy atom. The molecule has 3 aromatic rings. The summed E-state index contributed by atoms with van der Waals surface area (Å²) in [6, 6.07) is 17.9. The summed E-state index contributed by atoms with van der Waals surface area (Å²) in [5.41, 5.74) is 1.99. The number of halogens is 1. The summed E-state index contributed by atoms with van der Waals surface area (Å²) >= 11 is 4.84. The number of nitrogens with zero attached hydrogens (tertiary/aromatic N) is 3. The number of thioether (sulfide) groups is 1. The van der Waals surface area contributed by atoms with E-state index in [1.165, 1.54) is 30.2 Å². The molecule has 27 heavy (non-hydrogen) atoms. The van der Waals surface area contributed by atoms with Crippen molar-refractivity contribution in [3.8, 4) is 0 Å². The summed E-state index contributed by atoms with van der Waals surface area (Å²) < 4.78 is 3.09. The molecule has 1 aliphatic rings. The van der Waals surface area contributed by atoms with E-state index in [0.29, 0.717) is 11.7 Å². The Morgan fingerprint density at radius 1 is 1.15 bits per heavy atom. The van der Waals surface area contributed by atoms with E-state index in [-0.39, 0.29) is 5.91 Å². The molecule has 1 amide bonds. The summed E-state index contributed by atoms with van der Waals surface area (Å²) in [6.07, 6.45) is 2.34. The third-order valence-corrected chi connectivity index (χ3v) is 5.77. The highest BCUT2D eigenvalue weighted by Crippen LogP contribution is 2.40. The van der Waals surface area contributed by atoms with E-state index in [0.717, 1.165) is 27.7 Å². The first-order valence-electron chi connectivity index (χ1n) is 8.84. The quantitative estimate of drug-likeness (QED) is 0.538. The van der Waals surface area contributed by atoms with Crippen LogP contribution in [0.25, 0.3) is 0 Å². The van der Waals surface area contributed by atoms with E-state index >= 15 is 0 Å². The summed E-state index contributed by atoms with van der Waals surface area (Å²) in [4.78, 5) is 12.3. The van der Waals surface area contributed by atoms with Gasteiger partial charge in [-0.3, -0.25) is 4.79 Å². The topological polar surface area (TPSA) is 59.8 Å². The highest BCUT2D eigenvalue weighted by Gasteiger charge is 2.30. The van der Waals surface area contributed by atoms with Crippen LogP contribution in [0.3, 0.4) is 0 Å². The van der Waals surface area contributed by atoms with Gasteiger partial charge in [0.25, 0.3) is 0 Å².